The number of rotatable bonds is 5. The van der Waals surface area contributed by atoms with Crippen molar-refractivity contribution in [2.45, 2.75) is 6.92 Å². The lowest BCUT2D eigenvalue weighted by atomic mass is 10.1. The van der Waals surface area contributed by atoms with E-state index in [0.29, 0.717) is 5.56 Å². The lowest BCUT2D eigenvalue weighted by Gasteiger charge is -2.03. The van der Waals surface area contributed by atoms with Gasteiger partial charge in [-0.2, -0.15) is 0 Å². The van der Waals surface area contributed by atoms with Crippen LogP contribution in [0.1, 0.15) is 15.9 Å². The topological polar surface area (TPSA) is 72.2 Å². The molecule has 1 N–H and O–H groups in total. The number of benzene rings is 2. The van der Waals surface area contributed by atoms with Crippen LogP contribution in [-0.4, -0.2) is 10.7 Å². The van der Waals surface area contributed by atoms with Crippen molar-refractivity contribution in [3.63, 3.8) is 0 Å². The summed E-state index contributed by atoms with van der Waals surface area (Å²) in [5, 5.41) is 13.6. The van der Waals surface area contributed by atoms with Gasteiger partial charge in [0.05, 0.1) is 4.92 Å². The first-order valence-corrected chi connectivity index (χ1v) is 6.35. The number of hydrogen-bond donors (Lipinski definition) is 1. The first-order valence-electron chi connectivity index (χ1n) is 6.35. The Morgan fingerprint density at radius 3 is 2.43 bits per heavy atom. The third kappa shape index (κ3) is 3.76. The Bertz CT molecular complexity index is 691. The Balaban J connectivity index is 2.02. The number of hydrogen-bond acceptors (Lipinski definition) is 4. The van der Waals surface area contributed by atoms with Crippen molar-refractivity contribution in [2.24, 2.45) is 0 Å². The van der Waals surface area contributed by atoms with Gasteiger partial charge in [-0.3, -0.25) is 14.9 Å². The summed E-state index contributed by atoms with van der Waals surface area (Å²) >= 11 is 0. The smallest absolute Gasteiger partial charge is 0.269 e. The zero-order valence-electron chi connectivity index (χ0n) is 11.4. The number of carbonyl (C=O) groups excluding carboxylic acids is 1. The van der Waals surface area contributed by atoms with Crippen molar-refractivity contribution in [1.29, 1.82) is 0 Å². The summed E-state index contributed by atoms with van der Waals surface area (Å²) in [7, 11) is 0. The molecule has 5 nitrogen and oxygen atoms in total. The SMILES string of the molecule is Cc1ccccc1NC=CC(=O)c1ccc([N+](=O)[O-])cc1. The van der Waals surface area contributed by atoms with Gasteiger partial charge in [-0.25, -0.2) is 0 Å². The quantitative estimate of drug-likeness (QED) is 0.392. The van der Waals surface area contributed by atoms with Gasteiger partial charge >= 0.3 is 0 Å². The van der Waals surface area contributed by atoms with Crippen molar-refractivity contribution in [3.05, 3.63) is 82.0 Å². The number of para-hydroxylation sites is 1. The van der Waals surface area contributed by atoms with Crippen LogP contribution >= 0.6 is 0 Å². The molecule has 0 unspecified atom stereocenters. The fraction of sp³-hybridized carbons (Fsp3) is 0.0625. The summed E-state index contributed by atoms with van der Waals surface area (Å²) in [6.45, 7) is 1.97. The average Bonchev–Trinajstić information content (AvgIpc) is 2.49. The number of nitrogens with zero attached hydrogens (tertiary/aromatic N) is 1. The highest BCUT2D eigenvalue weighted by Gasteiger charge is 2.07. The maximum atomic E-state index is 11.9. The molecule has 106 valence electrons. The van der Waals surface area contributed by atoms with Crippen molar-refractivity contribution < 1.29 is 9.72 Å². The molecule has 0 aliphatic rings. The van der Waals surface area contributed by atoms with E-state index in [1.807, 2.05) is 31.2 Å². The molecule has 0 aromatic heterocycles. The first-order chi connectivity index (χ1) is 10.1. The molecule has 0 aliphatic heterocycles. The third-order valence-corrected chi connectivity index (χ3v) is 2.98. The van der Waals surface area contributed by atoms with Crippen LogP contribution in [0.25, 0.3) is 0 Å². The van der Waals surface area contributed by atoms with E-state index in [0.717, 1.165) is 11.3 Å². The van der Waals surface area contributed by atoms with E-state index in [9.17, 15) is 14.9 Å². The van der Waals surface area contributed by atoms with Gasteiger partial charge in [-0.1, -0.05) is 18.2 Å². The molecule has 5 heteroatoms. The predicted molar refractivity (Wildman–Crippen MR) is 81.4 cm³/mol. The minimum atomic E-state index is -0.496. The van der Waals surface area contributed by atoms with Crippen molar-refractivity contribution in [2.75, 3.05) is 5.32 Å². The summed E-state index contributed by atoms with van der Waals surface area (Å²) in [5.41, 5.74) is 2.37. The minimum absolute atomic E-state index is 0.0337. The molecule has 0 fully saturated rings. The molecule has 0 amide bonds. The molecule has 21 heavy (non-hydrogen) atoms. The molecular formula is C16H14N2O3. The molecule has 0 bridgehead atoms. The van der Waals surface area contributed by atoms with Gasteiger partial charge in [0, 0.05) is 35.7 Å². The lowest BCUT2D eigenvalue weighted by Crippen LogP contribution is -1.97. The number of allylic oxidation sites excluding steroid dienone is 1. The Hall–Kier alpha value is -2.95. The van der Waals surface area contributed by atoms with Crippen LogP contribution in [0, 0.1) is 17.0 Å². The van der Waals surface area contributed by atoms with Crippen molar-refractivity contribution in [1.82, 2.24) is 0 Å². The molecule has 2 rings (SSSR count). The molecular weight excluding hydrogens is 268 g/mol. The van der Waals surface area contributed by atoms with Crippen LogP contribution in [0.15, 0.2) is 60.8 Å². The standard InChI is InChI=1S/C16H14N2O3/c1-12-4-2-3-5-15(12)17-11-10-16(19)13-6-8-14(9-7-13)18(20)21/h2-11,17H,1H3. The van der Waals surface area contributed by atoms with E-state index in [1.165, 1.54) is 30.3 Å². The number of anilines is 1. The summed E-state index contributed by atoms with van der Waals surface area (Å²) in [6, 6.07) is 13.2. The first kappa shape index (κ1) is 14.5. The summed E-state index contributed by atoms with van der Waals surface area (Å²) in [4.78, 5) is 21.9. The van der Waals surface area contributed by atoms with Crippen molar-refractivity contribution in [3.8, 4) is 0 Å². The largest absolute Gasteiger partial charge is 0.361 e. The second-order valence-corrected chi connectivity index (χ2v) is 4.46. The number of nitro benzene ring substituents is 1. The van der Waals surface area contributed by atoms with Gasteiger partial charge in [0.1, 0.15) is 0 Å². The number of ketones is 1. The van der Waals surface area contributed by atoms with Crippen LogP contribution in [0.4, 0.5) is 11.4 Å². The number of carbonyl (C=O) groups is 1. The Morgan fingerprint density at radius 1 is 1.14 bits per heavy atom. The van der Waals surface area contributed by atoms with E-state index in [-0.39, 0.29) is 11.5 Å². The van der Waals surface area contributed by atoms with Crippen molar-refractivity contribution >= 4 is 17.2 Å². The fourth-order valence-electron chi connectivity index (χ4n) is 1.79. The zero-order valence-corrected chi connectivity index (χ0v) is 11.4. The Kier molecular flexibility index (Phi) is 4.46. The lowest BCUT2D eigenvalue weighted by molar-refractivity contribution is -0.384. The molecule has 0 saturated carbocycles. The molecule has 0 radical (unpaired) electrons. The molecule has 0 atom stereocenters. The second kappa shape index (κ2) is 6.47. The van der Waals surface area contributed by atoms with Crippen LogP contribution in [0.2, 0.25) is 0 Å². The summed E-state index contributed by atoms with van der Waals surface area (Å²) in [5.74, 6) is -0.217. The van der Waals surface area contributed by atoms with Gasteiger partial charge in [-0.15, -0.1) is 0 Å². The summed E-state index contributed by atoms with van der Waals surface area (Å²) in [6.07, 6.45) is 2.96. The van der Waals surface area contributed by atoms with Gasteiger partial charge < -0.3 is 5.32 Å². The molecule has 2 aromatic carbocycles. The molecule has 0 aliphatic carbocycles. The number of nitro groups is 1. The fourth-order valence-corrected chi connectivity index (χ4v) is 1.79. The minimum Gasteiger partial charge on any atom is -0.361 e. The molecule has 0 heterocycles. The van der Waals surface area contributed by atoms with E-state index in [2.05, 4.69) is 5.32 Å². The van der Waals surface area contributed by atoms with Gasteiger partial charge in [-0.05, 0) is 30.7 Å². The molecule has 2 aromatic rings. The van der Waals surface area contributed by atoms with E-state index in [1.54, 1.807) is 6.20 Å². The van der Waals surface area contributed by atoms with Gasteiger partial charge in [0.2, 0.25) is 0 Å². The maximum absolute atomic E-state index is 11.9. The van der Waals surface area contributed by atoms with Gasteiger partial charge in [0.25, 0.3) is 5.69 Å². The van der Waals surface area contributed by atoms with Crippen LogP contribution < -0.4 is 5.32 Å². The van der Waals surface area contributed by atoms with Crippen LogP contribution in [0.5, 0.6) is 0 Å². The van der Waals surface area contributed by atoms with Crippen LogP contribution in [0.3, 0.4) is 0 Å². The second-order valence-electron chi connectivity index (χ2n) is 4.46. The normalized spacial score (nSPS) is 10.5. The maximum Gasteiger partial charge on any atom is 0.269 e. The van der Waals surface area contributed by atoms with E-state index < -0.39 is 4.92 Å². The van der Waals surface area contributed by atoms with E-state index in [4.69, 9.17) is 0 Å². The highest BCUT2D eigenvalue weighted by molar-refractivity contribution is 6.04. The number of non-ortho nitro benzene ring substituents is 1. The Morgan fingerprint density at radius 2 is 1.81 bits per heavy atom. The monoisotopic (exact) mass is 282 g/mol. The summed E-state index contributed by atoms with van der Waals surface area (Å²) < 4.78 is 0. The number of aryl methyl sites for hydroxylation is 1. The predicted octanol–water partition coefficient (Wildman–Crippen LogP) is 3.71. The third-order valence-electron chi connectivity index (χ3n) is 2.98. The van der Waals surface area contributed by atoms with Gasteiger partial charge in [0.15, 0.2) is 5.78 Å². The highest BCUT2D eigenvalue weighted by atomic mass is 16.6. The molecule has 0 spiro atoms. The Labute approximate surface area is 122 Å². The molecule has 0 saturated heterocycles. The number of nitrogens with one attached hydrogen (secondary N) is 1. The average molecular weight is 282 g/mol. The van der Waals surface area contributed by atoms with Crippen LogP contribution in [-0.2, 0) is 0 Å². The zero-order chi connectivity index (χ0) is 15.2. The van der Waals surface area contributed by atoms with E-state index >= 15 is 0 Å². The highest BCUT2D eigenvalue weighted by Crippen LogP contribution is 2.14.